The van der Waals surface area contributed by atoms with Crippen molar-refractivity contribution in [3.8, 4) is 29.4 Å². The van der Waals surface area contributed by atoms with E-state index >= 15 is 0 Å². The van der Waals surface area contributed by atoms with E-state index in [2.05, 4.69) is 21.1 Å². The number of benzene rings is 1. The molecule has 1 aromatic carbocycles. The van der Waals surface area contributed by atoms with Gasteiger partial charge in [0.1, 0.15) is 18.6 Å². The van der Waals surface area contributed by atoms with Gasteiger partial charge in [0.25, 0.3) is 0 Å². The Balaban J connectivity index is 1.98. The Kier molecular flexibility index (Phi) is 3.60. The number of rotatable bonds is 3. The lowest BCUT2D eigenvalue weighted by molar-refractivity contribution is 0.125. The maximum Gasteiger partial charge on any atom is 0.166 e. The molecule has 0 bridgehead atoms. The second-order valence-corrected chi connectivity index (χ2v) is 5.82. The van der Waals surface area contributed by atoms with Crippen LogP contribution >= 0.6 is 11.6 Å². The monoisotopic (exact) mass is 339 g/mol. The minimum atomic E-state index is 0.388. The molecular weight excluding hydrogens is 326 g/mol. The van der Waals surface area contributed by atoms with Crippen LogP contribution in [0.1, 0.15) is 24.1 Å². The maximum absolute atomic E-state index is 6.21. The third-order valence-electron chi connectivity index (χ3n) is 4.03. The van der Waals surface area contributed by atoms with E-state index in [0.717, 1.165) is 28.6 Å². The molecule has 0 N–H and O–H groups in total. The molecule has 0 amide bonds. The Morgan fingerprint density at radius 3 is 3.04 bits per heavy atom. The summed E-state index contributed by atoms with van der Waals surface area (Å²) in [5.41, 5.74) is 3.34. The van der Waals surface area contributed by atoms with Crippen LogP contribution in [0, 0.1) is 12.3 Å². The largest absolute Gasteiger partial charge is 0.374 e. The highest BCUT2D eigenvalue weighted by Crippen LogP contribution is 2.34. The fraction of sp³-hybridized carbons (Fsp3) is 0.235. The maximum atomic E-state index is 6.21. The predicted molar refractivity (Wildman–Crippen MR) is 90.0 cm³/mol. The van der Waals surface area contributed by atoms with E-state index in [-0.39, 0.29) is 0 Å². The van der Waals surface area contributed by atoms with Gasteiger partial charge in [0.2, 0.25) is 0 Å². The van der Waals surface area contributed by atoms with Crippen molar-refractivity contribution in [2.24, 2.45) is 0 Å². The SMILES string of the molecule is C#Cc1ncn2c1Cn1c(COCC)nnc1-c1cc(Cl)ccc1-2. The number of ether oxygens (including phenoxy) is 1. The van der Waals surface area contributed by atoms with Crippen LogP contribution in [0.3, 0.4) is 0 Å². The van der Waals surface area contributed by atoms with Gasteiger partial charge in [-0.05, 0) is 31.0 Å². The Hall–Kier alpha value is -2.62. The molecule has 0 fully saturated rings. The normalized spacial score (nSPS) is 12.0. The number of terminal acetylenes is 1. The van der Waals surface area contributed by atoms with Crippen molar-refractivity contribution in [1.29, 1.82) is 0 Å². The van der Waals surface area contributed by atoms with Crippen LogP contribution in [0.15, 0.2) is 24.5 Å². The lowest BCUT2D eigenvalue weighted by Gasteiger charge is -2.08. The number of nitrogens with zero attached hydrogens (tertiary/aromatic N) is 5. The molecule has 0 radical (unpaired) electrons. The highest BCUT2D eigenvalue weighted by molar-refractivity contribution is 6.31. The Morgan fingerprint density at radius 2 is 2.25 bits per heavy atom. The summed E-state index contributed by atoms with van der Waals surface area (Å²) in [7, 11) is 0. The fourth-order valence-electron chi connectivity index (χ4n) is 2.90. The molecule has 24 heavy (non-hydrogen) atoms. The second kappa shape index (κ2) is 5.78. The van der Waals surface area contributed by atoms with Gasteiger partial charge in [-0.25, -0.2) is 4.98 Å². The second-order valence-electron chi connectivity index (χ2n) is 5.38. The number of halogens is 1. The van der Waals surface area contributed by atoms with Crippen LogP contribution in [0.5, 0.6) is 0 Å². The highest BCUT2D eigenvalue weighted by atomic mass is 35.5. The molecule has 1 aliphatic heterocycles. The first-order chi connectivity index (χ1) is 11.7. The van der Waals surface area contributed by atoms with E-state index in [4.69, 9.17) is 22.8 Å². The van der Waals surface area contributed by atoms with Crippen molar-refractivity contribution in [2.75, 3.05) is 6.61 Å². The first-order valence-electron chi connectivity index (χ1n) is 7.56. The molecule has 4 rings (SSSR count). The summed E-state index contributed by atoms with van der Waals surface area (Å²) < 4.78 is 9.50. The summed E-state index contributed by atoms with van der Waals surface area (Å²) in [5, 5.41) is 9.28. The zero-order chi connectivity index (χ0) is 16.7. The van der Waals surface area contributed by atoms with Crippen LogP contribution in [0.2, 0.25) is 5.02 Å². The average molecular weight is 340 g/mol. The average Bonchev–Trinajstić information content (AvgIpc) is 3.14. The Bertz CT molecular complexity index is 966. The lowest BCUT2D eigenvalue weighted by Crippen LogP contribution is -2.09. The summed E-state index contributed by atoms with van der Waals surface area (Å²) in [5.74, 6) is 4.14. The van der Waals surface area contributed by atoms with Crippen molar-refractivity contribution in [2.45, 2.75) is 20.1 Å². The first kappa shape index (κ1) is 14.9. The molecule has 0 atom stereocenters. The van der Waals surface area contributed by atoms with Gasteiger partial charge in [0.15, 0.2) is 11.6 Å². The van der Waals surface area contributed by atoms with Gasteiger partial charge < -0.3 is 9.30 Å². The molecule has 0 aliphatic carbocycles. The molecule has 0 spiro atoms. The van der Waals surface area contributed by atoms with Crippen LogP contribution in [-0.2, 0) is 17.9 Å². The van der Waals surface area contributed by atoms with Gasteiger partial charge in [-0.15, -0.1) is 16.6 Å². The van der Waals surface area contributed by atoms with Gasteiger partial charge >= 0.3 is 0 Å². The number of aromatic nitrogens is 5. The zero-order valence-electron chi connectivity index (χ0n) is 13.0. The quantitative estimate of drug-likeness (QED) is 0.538. The third-order valence-corrected chi connectivity index (χ3v) is 4.27. The number of hydrogen-bond donors (Lipinski definition) is 0. The summed E-state index contributed by atoms with van der Waals surface area (Å²) in [4.78, 5) is 4.34. The van der Waals surface area contributed by atoms with Gasteiger partial charge in [0, 0.05) is 17.2 Å². The molecule has 120 valence electrons. The molecule has 0 saturated carbocycles. The minimum absolute atomic E-state index is 0.388. The third kappa shape index (κ3) is 2.21. The Labute approximate surface area is 144 Å². The fourth-order valence-corrected chi connectivity index (χ4v) is 3.07. The molecule has 0 unspecified atom stereocenters. The van der Waals surface area contributed by atoms with E-state index < -0.39 is 0 Å². The van der Waals surface area contributed by atoms with E-state index in [1.807, 2.05) is 34.3 Å². The zero-order valence-corrected chi connectivity index (χ0v) is 13.8. The van der Waals surface area contributed by atoms with Crippen molar-refractivity contribution >= 4 is 11.6 Å². The van der Waals surface area contributed by atoms with E-state index in [9.17, 15) is 0 Å². The molecule has 0 saturated heterocycles. The molecule has 3 heterocycles. The molecule has 6 nitrogen and oxygen atoms in total. The van der Waals surface area contributed by atoms with E-state index in [1.54, 1.807) is 6.33 Å². The van der Waals surface area contributed by atoms with Crippen LogP contribution < -0.4 is 0 Å². The van der Waals surface area contributed by atoms with Gasteiger partial charge in [-0.2, -0.15) is 0 Å². The van der Waals surface area contributed by atoms with Crippen LogP contribution in [0.4, 0.5) is 0 Å². The molecular formula is C17H14ClN5O. The number of fused-ring (bicyclic) bond motifs is 5. The standard InChI is InChI=1S/C17H14ClN5O/c1-3-13-15-8-22-16(9-24-4-2)20-21-17(22)12-7-11(18)5-6-14(12)23(15)10-19-13/h1,5-7,10H,4,8-9H2,2H3. The van der Waals surface area contributed by atoms with Gasteiger partial charge in [-0.3, -0.25) is 4.57 Å². The summed E-state index contributed by atoms with van der Waals surface area (Å²) in [6, 6.07) is 5.66. The number of hydrogen-bond acceptors (Lipinski definition) is 4. The molecule has 7 heteroatoms. The smallest absolute Gasteiger partial charge is 0.166 e. The minimum Gasteiger partial charge on any atom is -0.374 e. The molecule has 3 aromatic rings. The highest BCUT2D eigenvalue weighted by Gasteiger charge is 2.25. The van der Waals surface area contributed by atoms with Crippen molar-refractivity contribution in [3.05, 3.63) is 46.8 Å². The van der Waals surface area contributed by atoms with Gasteiger partial charge in [0.05, 0.1) is 17.9 Å². The van der Waals surface area contributed by atoms with Crippen molar-refractivity contribution < 1.29 is 4.74 Å². The van der Waals surface area contributed by atoms with Crippen LogP contribution in [-0.4, -0.2) is 30.9 Å². The first-order valence-corrected chi connectivity index (χ1v) is 7.93. The lowest BCUT2D eigenvalue weighted by atomic mass is 10.1. The van der Waals surface area contributed by atoms with Crippen LogP contribution in [0.25, 0.3) is 17.1 Å². The summed E-state index contributed by atoms with van der Waals surface area (Å²) in [6.07, 6.45) is 7.35. The molecule has 1 aliphatic rings. The van der Waals surface area contributed by atoms with Crippen molar-refractivity contribution in [1.82, 2.24) is 24.3 Å². The van der Waals surface area contributed by atoms with E-state index in [1.165, 1.54) is 0 Å². The topological polar surface area (TPSA) is 57.8 Å². The van der Waals surface area contributed by atoms with Crippen molar-refractivity contribution in [3.63, 3.8) is 0 Å². The van der Waals surface area contributed by atoms with Gasteiger partial charge in [-0.1, -0.05) is 11.6 Å². The summed E-state index contributed by atoms with van der Waals surface area (Å²) >= 11 is 6.21. The summed E-state index contributed by atoms with van der Waals surface area (Å²) in [6.45, 7) is 3.47. The Morgan fingerprint density at radius 1 is 1.38 bits per heavy atom. The van der Waals surface area contributed by atoms with E-state index in [0.29, 0.717) is 30.5 Å². The number of imidazole rings is 1. The predicted octanol–water partition coefficient (Wildman–Crippen LogP) is 2.66. The molecule has 2 aromatic heterocycles.